The standard InChI is InChI=1S/C14H14N6O2S/c1-10-17-11(9-23-10)14(22)15-6-8-20-13(21)4-3-12(18-20)19-7-2-5-16-19/h2-5,7,9H,6,8H2,1H3,(H,15,22). The van der Waals surface area contributed by atoms with Crippen molar-refractivity contribution >= 4 is 17.2 Å². The van der Waals surface area contributed by atoms with Gasteiger partial charge in [-0.1, -0.05) is 0 Å². The molecule has 9 heteroatoms. The molecule has 0 atom stereocenters. The van der Waals surface area contributed by atoms with Gasteiger partial charge >= 0.3 is 0 Å². The molecule has 0 aliphatic carbocycles. The zero-order valence-corrected chi connectivity index (χ0v) is 13.2. The highest BCUT2D eigenvalue weighted by molar-refractivity contribution is 7.09. The summed E-state index contributed by atoms with van der Waals surface area (Å²) in [5.41, 5.74) is 0.151. The average Bonchev–Trinajstić information content (AvgIpc) is 3.20. The zero-order valence-electron chi connectivity index (χ0n) is 12.3. The van der Waals surface area contributed by atoms with Crippen molar-refractivity contribution in [1.29, 1.82) is 0 Å². The van der Waals surface area contributed by atoms with Gasteiger partial charge in [0.1, 0.15) is 5.69 Å². The van der Waals surface area contributed by atoms with Crippen LogP contribution in [0.3, 0.4) is 0 Å². The van der Waals surface area contributed by atoms with Gasteiger partial charge in [0.2, 0.25) is 0 Å². The third-order valence-electron chi connectivity index (χ3n) is 3.05. The minimum absolute atomic E-state index is 0.236. The van der Waals surface area contributed by atoms with Crippen molar-refractivity contribution in [2.24, 2.45) is 0 Å². The summed E-state index contributed by atoms with van der Waals surface area (Å²) in [5, 5.41) is 13.6. The molecule has 0 fully saturated rings. The fourth-order valence-electron chi connectivity index (χ4n) is 1.96. The number of nitrogens with zero attached hydrogens (tertiary/aromatic N) is 5. The highest BCUT2D eigenvalue weighted by Gasteiger charge is 2.09. The molecule has 1 N–H and O–H groups in total. The summed E-state index contributed by atoms with van der Waals surface area (Å²) < 4.78 is 2.86. The molecule has 0 saturated carbocycles. The smallest absolute Gasteiger partial charge is 0.270 e. The summed E-state index contributed by atoms with van der Waals surface area (Å²) in [6.07, 6.45) is 3.37. The van der Waals surface area contributed by atoms with E-state index < -0.39 is 0 Å². The predicted molar refractivity (Wildman–Crippen MR) is 84.8 cm³/mol. The maximum atomic E-state index is 11.9. The highest BCUT2D eigenvalue weighted by atomic mass is 32.1. The van der Waals surface area contributed by atoms with Crippen molar-refractivity contribution in [3.05, 3.63) is 57.0 Å². The van der Waals surface area contributed by atoms with Crippen LogP contribution in [0.5, 0.6) is 0 Å². The molecule has 3 aromatic heterocycles. The van der Waals surface area contributed by atoms with Gasteiger partial charge in [0.25, 0.3) is 11.5 Å². The van der Waals surface area contributed by atoms with E-state index in [-0.39, 0.29) is 24.6 Å². The van der Waals surface area contributed by atoms with Crippen LogP contribution in [0.15, 0.2) is 40.8 Å². The molecule has 3 rings (SSSR count). The first-order valence-electron chi connectivity index (χ1n) is 6.92. The van der Waals surface area contributed by atoms with Gasteiger partial charge in [-0.05, 0) is 19.1 Å². The Morgan fingerprint density at radius 3 is 2.96 bits per heavy atom. The van der Waals surface area contributed by atoms with Gasteiger partial charge in [-0.3, -0.25) is 9.59 Å². The second-order valence-corrected chi connectivity index (χ2v) is 5.77. The molecule has 0 unspecified atom stereocenters. The van der Waals surface area contributed by atoms with E-state index in [0.717, 1.165) is 5.01 Å². The van der Waals surface area contributed by atoms with Gasteiger partial charge in [-0.2, -0.15) is 5.10 Å². The van der Waals surface area contributed by atoms with Crippen LogP contribution in [-0.2, 0) is 6.54 Å². The molecule has 3 heterocycles. The van der Waals surface area contributed by atoms with Crippen LogP contribution >= 0.6 is 11.3 Å². The van der Waals surface area contributed by atoms with Crippen LogP contribution in [0, 0.1) is 6.92 Å². The van der Waals surface area contributed by atoms with E-state index in [0.29, 0.717) is 11.5 Å². The molecule has 0 bridgehead atoms. The molecule has 3 aromatic rings. The van der Waals surface area contributed by atoms with Crippen LogP contribution in [0.2, 0.25) is 0 Å². The number of amides is 1. The van der Waals surface area contributed by atoms with Crippen LogP contribution in [0.25, 0.3) is 5.82 Å². The zero-order chi connectivity index (χ0) is 16.2. The lowest BCUT2D eigenvalue weighted by Gasteiger charge is -2.07. The highest BCUT2D eigenvalue weighted by Crippen LogP contribution is 2.07. The second-order valence-electron chi connectivity index (χ2n) is 4.71. The lowest BCUT2D eigenvalue weighted by molar-refractivity contribution is 0.0947. The van der Waals surface area contributed by atoms with Gasteiger partial charge in [0.15, 0.2) is 5.82 Å². The summed E-state index contributed by atoms with van der Waals surface area (Å²) in [6.45, 7) is 2.39. The monoisotopic (exact) mass is 330 g/mol. The minimum atomic E-state index is -0.259. The van der Waals surface area contributed by atoms with E-state index >= 15 is 0 Å². The Kier molecular flexibility index (Phi) is 4.29. The predicted octanol–water partition coefficient (Wildman–Crippen LogP) is 0.624. The number of carbonyl (C=O) groups excluding carboxylic acids is 1. The summed E-state index contributed by atoms with van der Waals surface area (Å²) >= 11 is 1.42. The topological polar surface area (TPSA) is 94.7 Å². The van der Waals surface area contributed by atoms with Gasteiger partial charge < -0.3 is 5.32 Å². The van der Waals surface area contributed by atoms with Crippen molar-refractivity contribution in [2.75, 3.05) is 6.54 Å². The maximum absolute atomic E-state index is 11.9. The number of aryl methyl sites for hydroxylation is 1. The number of thiazole rings is 1. The molecule has 0 spiro atoms. The Morgan fingerprint density at radius 1 is 1.39 bits per heavy atom. The van der Waals surface area contributed by atoms with E-state index in [9.17, 15) is 9.59 Å². The fraction of sp³-hybridized carbons (Fsp3) is 0.214. The summed E-state index contributed by atoms with van der Waals surface area (Å²) in [7, 11) is 0. The molecule has 118 valence electrons. The second kappa shape index (κ2) is 6.53. The molecule has 0 aliphatic heterocycles. The van der Waals surface area contributed by atoms with Gasteiger partial charge in [-0.15, -0.1) is 16.4 Å². The molecular weight excluding hydrogens is 316 g/mol. The lowest BCUT2D eigenvalue weighted by Crippen LogP contribution is -2.32. The van der Waals surface area contributed by atoms with Crippen LogP contribution in [0.1, 0.15) is 15.5 Å². The number of hydrogen-bond donors (Lipinski definition) is 1. The van der Waals surface area contributed by atoms with Crippen molar-refractivity contribution in [3.63, 3.8) is 0 Å². The molecule has 1 amide bonds. The Balaban J connectivity index is 1.65. The Labute approximate surface area is 135 Å². The Morgan fingerprint density at radius 2 is 2.26 bits per heavy atom. The molecule has 8 nitrogen and oxygen atoms in total. The first kappa shape index (κ1) is 15.1. The molecule has 0 aliphatic rings. The third-order valence-corrected chi connectivity index (χ3v) is 3.83. The minimum Gasteiger partial charge on any atom is -0.349 e. The SMILES string of the molecule is Cc1nc(C(=O)NCCn2nc(-n3cccn3)ccc2=O)cs1. The number of aromatic nitrogens is 5. The first-order chi connectivity index (χ1) is 11.1. The van der Waals surface area contributed by atoms with E-state index in [1.807, 2.05) is 6.92 Å². The molecule has 23 heavy (non-hydrogen) atoms. The summed E-state index contributed by atoms with van der Waals surface area (Å²) in [6, 6.07) is 4.80. The molecule has 0 saturated heterocycles. The van der Waals surface area contributed by atoms with E-state index in [4.69, 9.17) is 0 Å². The molecule has 0 aromatic carbocycles. The number of hydrogen-bond acceptors (Lipinski definition) is 6. The van der Waals surface area contributed by atoms with E-state index in [1.165, 1.54) is 22.1 Å². The van der Waals surface area contributed by atoms with Crippen molar-refractivity contribution in [2.45, 2.75) is 13.5 Å². The Hall–Kier alpha value is -2.81. The summed E-state index contributed by atoms with van der Waals surface area (Å²) in [5.74, 6) is 0.279. The van der Waals surface area contributed by atoms with Crippen LogP contribution in [-0.4, -0.2) is 37.0 Å². The largest absolute Gasteiger partial charge is 0.349 e. The van der Waals surface area contributed by atoms with E-state index in [1.54, 1.807) is 34.6 Å². The van der Waals surface area contributed by atoms with Crippen molar-refractivity contribution < 1.29 is 4.79 Å². The van der Waals surface area contributed by atoms with Gasteiger partial charge in [-0.25, -0.2) is 14.3 Å². The van der Waals surface area contributed by atoms with E-state index in [2.05, 4.69) is 20.5 Å². The quantitative estimate of drug-likeness (QED) is 0.740. The molecular formula is C14H14N6O2S. The van der Waals surface area contributed by atoms with Crippen LogP contribution in [0.4, 0.5) is 0 Å². The number of carbonyl (C=O) groups is 1. The number of rotatable bonds is 5. The van der Waals surface area contributed by atoms with Gasteiger partial charge in [0, 0.05) is 30.4 Å². The third kappa shape index (κ3) is 3.51. The van der Waals surface area contributed by atoms with Crippen LogP contribution < -0.4 is 10.9 Å². The van der Waals surface area contributed by atoms with Crippen molar-refractivity contribution in [3.8, 4) is 5.82 Å². The van der Waals surface area contributed by atoms with Gasteiger partial charge in [0.05, 0.1) is 11.6 Å². The fourth-order valence-corrected chi connectivity index (χ4v) is 2.55. The Bertz CT molecular complexity index is 868. The maximum Gasteiger partial charge on any atom is 0.270 e. The number of nitrogens with one attached hydrogen (secondary N) is 1. The lowest BCUT2D eigenvalue weighted by atomic mass is 10.4. The average molecular weight is 330 g/mol. The first-order valence-corrected chi connectivity index (χ1v) is 7.80. The normalized spacial score (nSPS) is 10.7. The molecule has 0 radical (unpaired) electrons. The summed E-state index contributed by atoms with van der Waals surface area (Å²) in [4.78, 5) is 27.8. The van der Waals surface area contributed by atoms with Crippen molar-refractivity contribution in [1.82, 2.24) is 29.9 Å².